The van der Waals surface area contributed by atoms with Crippen LogP contribution in [0.1, 0.15) is 18.4 Å². The van der Waals surface area contributed by atoms with Crippen LogP contribution in [0, 0.1) is 11.8 Å². The minimum atomic E-state index is -0.877. The lowest BCUT2D eigenvalue weighted by molar-refractivity contribution is -0.152. The van der Waals surface area contributed by atoms with Gasteiger partial charge in [-0.05, 0) is 24.5 Å². The number of aliphatic carboxylic acids is 1. The van der Waals surface area contributed by atoms with Crippen molar-refractivity contribution in [1.82, 2.24) is 10.3 Å². The number of hydrogen-bond donors (Lipinski definition) is 2. The third kappa shape index (κ3) is 3.40. The van der Waals surface area contributed by atoms with E-state index < -0.39 is 11.9 Å². The smallest absolute Gasteiger partial charge is 0.307 e. The summed E-state index contributed by atoms with van der Waals surface area (Å²) in [6.45, 7) is 0.399. The highest BCUT2D eigenvalue weighted by atomic mass is 16.4. The summed E-state index contributed by atoms with van der Waals surface area (Å²) in [6.07, 6.45) is 8.37. The number of aromatic nitrogens is 1. The topological polar surface area (TPSA) is 79.3 Å². The number of pyridine rings is 1. The zero-order valence-electron chi connectivity index (χ0n) is 10.5. The van der Waals surface area contributed by atoms with Gasteiger partial charge in [-0.1, -0.05) is 18.2 Å². The van der Waals surface area contributed by atoms with Crippen LogP contribution in [0.5, 0.6) is 0 Å². The second kappa shape index (κ2) is 6.13. The Bertz CT molecular complexity index is 485. The average molecular weight is 260 g/mol. The Kier molecular flexibility index (Phi) is 4.28. The number of rotatable bonds is 5. The van der Waals surface area contributed by atoms with Gasteiger partial charge in [0.15, 0.2) is 0 Å². The first-order valence-corrected chi connectivity index (χ1v) is 6.25. The van der Waals surface area contributed by atoms with E-state index in [4.69, 9.17) is 5.11 Å². The highest BCUT2D eigenvalue weighted by Crippen LogP contribution is 2.34. The van der Waals surface area contributed by atoms with Crippen molar-refractivity contribution in [3.05, 3.63) is 36.2 Å². The first-order chi connectivity index (χ1) is 9.18. The van der Waals surface area contributed by atoms with Gasteiger partial charge in [-0.2, -0.15) is 0 Å². The molecule has 2 atom stereocenters. The summed E-state index contributed by atoms with van der Waals surface area (Å²) in [5.74, 6) is -1.93. The lowest BCUT2D eigenvalue weighted by Gasteiger charge is -2.31. The molecule has 1 fully saturated rings. The number of carbonyl (C=O) groups excluding carboxylic acids is 1. The van der Waals surface area contributed by atoms with Crippen LogP contribution in [0.4, 0.5) is 0 Å². The zero-order chi connectivity index (χ0) is 13.7. The van der Waals surface area contributed by atoms with Crippen LogP contribution >= 0.6 is 0 Å². The molecule has 100 valence electrons. The fourth-order valence-corrected chi connectivity index (χ4v) is 2.07. The summed E-state index contributed by atoms with van der Waals surface area (Å²) < 4.78 is 0. The largest absolute Gasteiger partial charge is 0.481 e. The highest BCUT2D eigenvalue weighted by Gasteiger charge is 2.41. The third-order valence-electron chi connectivity index (χ3n) is 3.32. The highest BCUT2D eigenvalue weighted by molar-refractivity contribution is 5.86. The summed E-state index contributed by atoms with van der Waals surface area (Å²) in [5, 5.41) is 11.6. The molecule has 0 spiro atoms. The quantitative estimate of drug-likeness (QED) is 0.837. The number of carboxylic acids is 1. The van der Waals surface area contributed by atoms with Crippen molar-refractivity contribution in [1.29, 1.82) is 0 Å². The monoisotopic (exact) mass is 260 g/mol. The molecule has 0 aromatic carbocycles. The van der Waals surface area contributed by atoms with Gasteiger partial charge in [0.05, 0.1) is 11.8 Å². The lowest BCUT2D eigenvalue weighted by atomic mass is 9.73. The molecule has 1 amide bonds. The maximum absolute atomic E-state index is 11.7. The summed E-state index contributed by atoms with van der Waals surface area (Å²) in [4.78, 5) is 26.5. The van der Waals surface area contributed by atoms with Crippen LogP contribution in [0.2, 0.25) is 0 Å². The van der Waals surface area contributed by atoms with E-state index in [0.717, 1.165) is 5.56 Å². The zero-order valence-corrected chi connectivity index (χ0v) is 10.5. The SMILES string of the molecule is O=C(NC/C=C/c1cccnc1)[C@H]1CC[C@H]1C(=O)O. The van der Waals surface area contributed by atoms with Crippen LogP contribution in [0.3, 0.4) is 0 Å². The van der Waals surface area contributed by atoms with Crippen LogP contribution in [0.15, 0.2) is 30.6 Å². The van der Waals surface area contributed by atoms with E-state index in [2.05, 4.69) is 10.3 Å². The van der Waals surface area contributed by atoms with E-state index in [1.807, 2.05) is 24.3 Å². The maximum atomic E-state index is 11.7. The van der Waals surface area contributed by atoms with E-state index in [0.29, 0.717) is 19.4 Å². The Hall–Kier alpha value is -2.17. The third-order valence-corrected chi connectivity index (χ3v) is 3.32. The minimum absolute atomic E-state index is 0.172. The fourth-order valence-electron chi connectivity index (χ4n) is 2.07. The molecule has 1 aliphatic carbocycles. The molecule has 19 heavy (non-hydrogen) atoms. The number of amides is 1. The second-order valence-electron chi connectivity index (χ2n) is 4.56. The minimum Gasteiger partial charge on any atom is -0.481 e. The van der Waals surface area contributed by atoms with Crippen LogP contribution in [-0.4, -0.2) is 28.5 Å². The van der Waals surface area contributed by atoms with Crippen molar-refractivity contribution in [3.63, 3.8) is 0 Å². The van der Waals surface area contributed by atoms with Gasteiger partial charge in [0, 0.05) is 18.9 Å². The Morgan fingerprint density at radius 2 is 2.21 bits per heavy atom. The van der Waals surface area contributed by atoms with Gasteiger partial charge in [0.1, 0.15) is 0 Å². The average Bonchev–Trinajstić information content (AvgIpc) is 2.34. The van der Waals surface area contributed by atoms with Gasteiger partial charge in [-0.3, -0.25) is 14.6 Å². The molecule has 1 aromatic rings. The van der Waals surface area contributed by atoms with Crippen molar-refractivity contribution < 1.29 is 14.7 Å². The molecule has 0 radical (unpaired) electrons. The van der Waals surface area contributed by atoms with Gasteiger partial charge in [0.25, 0.3) is 0 Å². The molecular weight excluding hydrogens is 244 g/mol. The summed E-state index contributed by atoms with van der Waals surface area (Å²) in [5.41, 5.74) is 0.962. The van der Waals surface area contributed by atoms with Crippen LogP contribution in [-0.2, 0) is 9.59 Å². The first kappa shape index (κ1) is 13.3. The Morgan fingerprint density at radius 1 is 1.42 bits per heavy atom. The number of nitrogens with one attached hydrogen (secondary N) is 1. The van der Waals surface area contributed by atoms with Gasteiger partial charge in [-0.25, -0.2) is 0 Å². The molecule has 0 saturated heterocycles. The van der Waals surface area contributed by atoms with E-state index >= 15 is 0 Å². The molecule has 0 bridgehead atoms. The predicted molar refractivity (Wildman–Crippen MR) is 70.1 cm³/mol. The maximum Gasteiger partial charge on any atom is 0.307 e. The van der Waals surface area contributed by atoms with Crippen molar-refractivity contribution in [3.8, 4) is 0 Å². The van der Waals surface area contributed by atoms with E-state index in [1.165, 1.54) is 0 Å². The number of nitrogens with zero attached hydrogens (tertiary/aromatic N) is 1. The number of hydrogen-bond acceptors (Lipinski definition) is 3. The van der Waals surface area contributed by atoms with Gasteiger partial charge in [0.2, 0.25) is 5.91 Å². The predicted octanol–water partition coefficient (Wildman–Crippen LogP) is 1.32. The Balaban J connectivity index is 1.76. The van der Waals surface area contributed by atoms with Gasteiger partial charge >= 0.3 is 5.97 Å². The van der Waals surface area contributed by atoms with E-state index in [9.17, 15) is 9.59 Å². The number of carbonyl (C=O) groups is 2. The Morgan fingerprint density at radius 3 is 2.79 bits per heavy atom. The van der Waals surface area contributed by atoms with E-state index in [-0.39, 0.29) is 11.8 Å². The first-order valence-electron chi connectivity index (χ1n) is 6.25. The molecule has 0 aliphatic heterocycles. The van der Waals surface area contributed by atoms with E-state index in [1.54, 1.807) is 12.4 Å². The normalized spacial score (nSPS) is 21.9. The molecule has 1 aliphatic rings. The molecular formula is C14H16N2O3. The molecule has 1 heterocycles. The Labute approximate surface area is 111 Å². The van der Waals surface area contributed by atoms with Crippen LogP contribution < -0.4 is 5.32 Å². The van der Waals surface area contributed by atoms with Gasteiger partial charge < -0.3 is 10.4 Å². The molecule has 2 N–H and O–H groups in total. The standard InChI is InChI=1S/C14H16N2O3/c17-13(11-5-6-12(11)14(18)19)16-8-2-4-10-3-1-7-15-9-10/h1-4,7,9,11-12H,5-6,8H2,(H,16,17)(H,18,19)/b4-2+/t11-,12+/m0/s1. The van der Waals surface area contributed by atoms with Crippen molar-refractivity contribution >= 4 is 18.0 Å². The second-order valence-corrected chi connectivity index (χ2v) is 4.56. The molecule has 2 rings (SSSR count). The fraction of sp³-hybridized carbons (Fsp3) is 0.357. The molecule has 1 aromatic heterocycles. The van der Waals surface area contributed by atoms with Crippen molar-refractivity contribution in [2.24, 2.45) is 11.8 Å². The summed E-state index contributed by atoms with van der Waals surface area (Å²) in [6, 6.07) is 3.75. The lowest BCUT2D eigenvalue weighted by Crippen LogP contribution is -2.44. The molecule has 0 unspecified atom stereocenters. The molecule has 1 saturated carbocycles. The molecule has 5 nitrogen and oxygen atoms in total. The van der Waals surface area contributed by atoms with Gasteiger partial charge in [-0.15, -0.1) is 0 Å². The summed E-state index contributed by atoms with van der Waals surface area (Å²) >= 11 is 0. The number of carboxylic acid groups (broad SMARTS) is 1. The summed E-state index contributed by atoms with van der Waals surface area (Å²) in [7, 11) is 0. The molecule has 5 heteroatoms. The van der Waals surface area contributed by atoms with Crippen molar-refractivity contribution in [2.45, 2.75) is 12.8 Å². The van der Waals surface area contributed by atoms with Crippen LogP contribution in [0.25, 0.3) is 6.08 Å². The van der Waals surface area contributed by atoms with Crippen molar-refractivity contribution in [2.75, 3.05) is 6.54 Å².